The van der Waals surface area contributed by atoms with Gasteiger partial charge >= 0.3 is 0 Å². The zero-order valence-corrected chi connectivity index (χ0v) is 13.5. The molecule has 0 radical (unpaired) electrons. The molecule has 1 aliphatic carbocycles. The van der Waals surface area contributed by atoms with E-state index >= 15 is 0 Å². The Labute approximate surface area is 127 Å². The summed E-state index contributed by atoms with van der Waals surface area (Å²) in [5.74, 6) is 0. The fraction of sp³-hybridized carbons (Fsp3) is 0.500. The number of aromatic nitrogens is 2. The largest absolute Gasteiger partial charge is 0.310 e. The second-order valence-electron chi connectivity index (χ2n) is 6.28. The quantitative estimate of drug-likeness (QED) is 0.908. The molecule has 1 aliphatic rings. The van der Waals surface area contributed by atoms with Crippen molar-refractivity contribution >= 4 is 0 Å². The molecule has 1 saturated carbocycles. The van der Waals surface area contributed by atoms with E-state index < -0.39 is 0 Å². The van der Waals surface area contributed by atoms with Gasteiger partial charge in [0.2, 0.25) is 0 Å². The Morgan fingerprint density at radius 3 is 2.43 bits per heavy atom. The molecule has 1 aromatic heterocycles. The molecule has 3 rings (SSSR count). The minimum atomic E-state index is 0.737. The molecule has 0 saturated heterocycles. The van der Waals surface area contributed by atoms with Crippen LogP contribution < -0.4 is 5.32 Å². The van der Waals surface area contributed by atoms with Crippen LogP contribution in [0.5, 0.6) is 0 Å². The normalized spacial score (nSPS) is 14.7. The van der Waals surface area contributed by atoms with Gasteiger partial charge in [-0.25, -0.2) is 4.68 Å². The van der Waals surface area contributed by atoms with Crippen molar-refractivity contribution in [2.24, 2.45) is 0 Å². The van der Waals surface area contributed by atoms with Crippen molar-refractivity contribution in [3.63, 3.8) is 0 Å². The van der Waals surface area contributed by atoms with Crippen LogP contribution in [-0.2, 0) is 13.0 Å². The van der Waals surface area contributed by atoms with Gasteiger partial charge in [0.15, 0.2) is 0 Å². The van der Waals surface area contributed by atoms with Gasteiger partial charge in [0, 0.05) is 23.8 Å². The van der Waals surface area contributed by atoms with E-state index in [0.29, 0.717) is 0 Å². The maximum absolute atomic E-state index is 4.68. The third kappa shape index (κ3) is 2.88. The van der Waals surface area contributed by atoms with Crippen LogP contribution in [0.3, 0.4) is 0 Å². The Morgan fingerprint density at radius 2 is 1.86 bits per heavy atom. The van der Waals surface area contributed by atoms with Gasteiger partial charge in [-0.1, -0.05) is 24.6 Å². The standard InChI is InChI=1S/C18H25N3/c1-5-17-15(10-19-16-6-7-16)11-20-21(17)18-13(3)8-12(2)9-14(18)4/h8-9,11,16,19H,5-7,10H2,1-4H3. The fourth-order valence-electron chi connectivity index (χ4n) is 3.17. The maximum atomic E-state index is 4.68. The molecule has 3 heteroatoms. The molecule has 1 heterocycles. The Bertz CT molecular complexity index is 627. The smallest absolute Gasteiger partial charge is 0.0707 e. The summed E-state index contributed by atoms with van der Waals surface area (Å²) in [5, 5.41) is 8.28. The predicted molar refractivity (Wildman–Crippen MR) is 87.0 cm³/mol. The molecule has 0 spiro atoms. The molecule has 0 atom stereocenters. The number of benzene rings is 1. The predicted octanol–water partition coefficient (Wildman–Crippen LogP) is 3.61. The average molecular weight is 283 g/mol. The van der Waals surface area contributed by atoms with Crippen LogP contribution >= 0.6 is 0 Å². The van der Waals surface area contributed by atoms with Crippen molar-refractivity contribution < 1.29 is 0 Å². The molecule has 0 bridgehead atoms. The van der Waals surface area contributed by atoms with Crippen LogP contribution in [0.25, 0.3) is 5.69 Å². The molecule has 0 unspecified atom stereocenters. The number of nitrogens with one attached hydrogen (secondary N) is 1. The summed E-state index contributed by atoms with van der Waals surface area (Å²) in [6.45, 7) is 9.67. The first kappa shape index (κ1) is 14.3. The molecule has 1 aromatic carbocycles. The first-order valence-electron chi connectivity index (χ1n) is 7.97. The van der Waals surface area contributed by atoms with Crippen LogP contribution in [-0.4, -0.2) is 15.8 Å². The number of hydrogen-bond donors (Lipinski definition) is 1. The van der Waals surface area contributed by atoms with Gasteiger partial charge in [0.05, 0.1) is 11.9 Å². The van der Waals surface area contributed by atoms with Crippen LogP contribution in [0, 0.1) is 20.8 Å². The molecule has 1 fully saturated rings. The molecular formula is C18H25N3. The highest BCUT2D eigenvalue weighted by atomic mass is 15.3. The highest BCUT2D eigenvalue weighted by Crippen LogP contribution is 2.25. The van der Waals surface area contributed by atoms with E-state index in [2.05, 4.69) is 54.9 Å². The number of rotatable bonds is 5. The first-order chi connectivity index (χ1) is 10.1. The molecular weight excluding hydrogens is 258 g/mol. The topological polar surface area (TPSA) is 29.9 Å². The maximum Gasteiger partial charge on any atom is 0.0707 e. The van der Waals surface area contributed by atoms with E-state index in [1.807, 2.05) is 6.20 Å². The average Bonchev–Trinajstić information content (AvgIpc) is 3.16. The van der Waals surface area contributed by atoms with E-state index in [1.165, 1.54) is 46.5 Å². The second kappa shape index (κ2) is 5.64. The molecule has 2 aromatic rings. The SMILES string of the molecule is CCc1c(CNC2CC2)cnn1-c1c(C)cc(C)cc1C. The van der Waals surface area contributed by atoms with E-state index in [0.717, 1.165) is 19.0 Å². The lowest BCUT2D eigenvalue weighted by Gasteiger charge is -2.14. The number of aryl methyl sites for hydroxylation is 3. The van der Waals surface area contributed by atoms with Gasteiger partial charge in [-0.15, -0.1) is 0 Å². The van der Waals surface area contributed by atoms with Crippen LogP contribution in [0.2, 0.25) is 0 Å². The first-order valence-corrected chi connectivity index (χ1v) is 7.97. The Balaban J connectivity index is 1.98. The Hall–Kier alpha value is -1.61. The Kier molecular flexibility index (Phi) is 3.85. The highest BCUT2D eigenvalue weighted by molar-refractivity contribution is 5.50. The summed E-state index contributed by atoms with van der Waals surface area (Å²) >= 11 is 0. The molecule has 1 N–H and O–H groups in total. The third-order valence-corrected chi connectivity index (χ3v) is 4.30. The van der Waals surface area contributed by atoms with Gasteiger partial charge in [-0.2, -0.15) is 5.10 Å². The highest BCUT2D eigenvalue weighted by Gasteiger charge is 2.21. The van der Waals surface area contributed by atoms with Gasteiger partial charge in [-0.3, -0.25) is 0 Å². The van der Waals surface area contributed by atoms with Crippen molar-refractivity contribution in [3.8, 4) is 5.69 Å². The van der Waals surface area contributed by atoms with Crippen molar-refractivity contribution in [3.05, 3.63) is 46.3 Å². The minimum absolute atomic E-state index is 0.737. The van der Waals surface area contributed by atoms with Crippen molar-refractivity contribution in [1.82, 2.24) is 15.1 Å². The van der Waals surface area contributed by atoms with E-state index in [-0.39, 0.29) is 0 Å². The van der Waals surface area contributed by atoms with Crippen LogP contribution in [0.15, 0.2) is 18.3 Å². The van der Waals surface area contributed by atoms with E-state index in [4.69, 9.17) is 0 Å². The second-order valence-corrected chi connectivity index (χ2v) is 6.28. The van der Waals surface area contributed by atoms with Crippen LogP contribution in [0.1, 0.15) is 47.7 Å². The van der Waals surface area contributed by atoms with Gasteiger partial charge < -0.3 is 5.32 Å². The molecule has 21 heavy (non-hydrogen) atoms. The minimum Gasteiger partial charge on any atom is -0.310 e. The fourth-order valence-corrected chi connectivity index (χ4v) is 3.17. The van der Waals surface area contributed by atoms with Gasteiger partial charge in [0.1, 0.15) is 0 Å². The monoisotopic (exact) mass is 283 g/mol. The van der Waals surface area contributed by atoms with Crippen molar-refractivity contribution in [2.45, 2.75) is 59.5 Å². The zero-order chi connectivity index (χ0) is 15.0. The van der Waals surface area contributed by atoms with E-state index in [9.17, 15) is 0 Å². The summed E-state index contributed by atoms with van der Waals surface area (Å²) in [6, 6.07) is 5.22. The van der Waals surface area contributed by atoms with Crippen LogP contribution in [0.4, 0.5) is 0 Å². The summed E-state index contributed by atoms with van der Waals surface area (Å²) in [6.07, 6.45) is 5.69. The lowest BCUT2D eigenvalue weighted by Crippen LogP contribution is -2.16. The van der Waals surface area contributed by atoms with E-state index in [1.54, 1.807) is 0 Å². The number of nitrogens with zero attached hydrogens (tertiary/aromatic N) is 2. The number of hydrogen-bond acceptors (Lipinski definition) is 2. The Morgan fingerprint density at radius 1 is 1.19 bits per heavy atom. The summed E-state index contributed by atoms with van der Waals surface area (Å²) in [5.41, 5.74) is 7.82. The third-order valence-electron chi connectivity index (χ3n) is 4.30. The summed E-state index contributed by atoms with van der Waals surface area (Å²) in [4.78, 5) is 0. The van der Waals surface area contributed by atoms with Crippen molar-refractivity contribution in [1.29, 1.82) is 0 Å². The molecule has 3 nitrogen and oxygen atoms in total. The van der Waals surface area contributed by atoms with Gasteiger partial charge in [0.25, 0.3) is 0 Å². The summed E-state index contributed by atoms with van der Waals surface area (Å²) < 4.78 is 2.15. The molecule has 0 aliphatic heterocycles. The lowest BCUT2D eigenvalue weighted by atomic mass is 10.0. The summed E-state index contributed by atoms with van der Waals surface area (Å²) in [7, 11) is 0. The zero-order valence-electron chi connectivity index (χ0n) is 13.5. The molecule has 0 amide bonds. The van der Waals surface area contributed by atoms with Gasteiger partial charge in [-0.05, 0) is 51.2 Å². The lowest BCUT2D eigenvalue weighted by molar-refractivity contribution is 0.680. The van der Waals surface area contributed by atoms with Crippen molar-refractivity contribution in [2.75, 3.05) is 0 Å². The molecule has 112 valence electrons.